The fourth-order valence-electron chi connectivity index (χ4n) is 3.01. The highest BCUT2D eigenvalue weighted by Crippen LogP contribution is 2.31. The zero-order chi connectivity index (χ0) is 13.8. The highest BCUT2D eigenvalue weighted by atomic mass is 16.1. The summed E-state index contributed by atoms with van der Waals surface area (Å²) in [6, 6.07) is 14.6. The predicted octanol–water partition coefficient (Wildman–Crippen LogP) is 3.10. The SMILES string of the molecule is O=c1ccc([C@@H]2CCCCN2Cc2ccccc2)c[nH]1. The van der Waals surface area contributed by atoms with Crippen molar-refractivity contribution in [1.82, 2.24) is 9.88 Å². The molecule has 1 aromatic carbocycles. The maximum absolute atomic E-state index is 11.2. The molecular formula is C17H20N2O. The molecule has 1 aliphatic rings. The molecule has 2 aromatic rings. The molecule has 0 spiro atoms. The molecule has 3 heteroatoms. The van der Waals surface area contributed by atoms with Crippen molar-refractivity contribution in [1.29, 1.82) is 0 Å². The van der Waals surface area contributed by atoms with Crippen molar-refractivity contribution in [2.45, 2.75) is 31.8 Å². The van der Waals surface area contributed by atoms with Crippen LogP contribution in [0, 0.1) is 0 Å². The Labute approximate surface area is 119 Å². The second-order valence-corrected chi connectivity index (χ2v) is 5.45. The highest BCUT2D eigenvalue weighted by Gasteiger charge is 2.23. The first kappa shape index (κ1) is 13.1. The topological polar surface area (TPSA) is 36.1 Å². The van der Waals surface area contributed by atoms with Crippen molar-refractivity contribution in [3.63, 3.8) is 0 Å². The number of rotatable bonds is 3. The van der Waals surface area contributed by atoms with E-state index in [2.05, 4.69) is 40.2 Å². The van der Waals surface area contributed by atoms with Crippen LogP contribution in [0.2, 0.25) is 0 Å². The summed E-state index contributed by atoms with van der Waals surface area (Å²) in [5, 5.41) is 0. The third-order valence-corrected chi connectivity index (χ3v) is 4.04. The van der Waals surface area contributed by atoms with E-state index >= 15 is 0 Å². The van der Waals surface area contributed by atoms with Gasteiger partial charge in [0, 0.05) is 24.8 Å². The Morgan fingerprint density at radius 3 is 2.70 bits per heavy atom. The smallest absolute Gasteiger partial charge is 0.247 e. The molecule has 1 atom stereocenters. The Kier molecular flexibility index (Phi) is 3.97. The number of H-pyrrole nitrogens is 1. The Hall–Kier alpha value is -1.87. The molecule has 3 rings (SSSR count). The summed E-state index contributed by atoms with van der Waals surface area (Å²) in [7, 11) is 0. The van der Waals surface area contributed by atoms with Gasteiger partial charge in [-0.25, -0.2) is 0 Å². The lowest BCUT2D eigenvalue weighted by molar-refractivity contribution is 0.140. The molecule has 0 amide bonds. The molecule has 1 aromatic heterocycles. The van der Waals surface area contributed by atoms with Crippen LogP contribution in [0.3, 0.4) is 0 Å². The Morgan fingerprint density at radius 2 is 1.95 bits per heavy atom. The summed E-state index contributed by atoms with van der Waals surface area (Å²) in [5.74, 6) is 0. The molecule has 1 fully saturated rings. The molecule has 0 radical (unpaired) electrons. The van der Waals surface area contributed by atoms with Crippen molar-refractivity contribution >= 4 is 0 Å². The normalized spacial score (nSPS) is 19.9. The number of hydrogen-bond acceptors (Lipinski definition) is 2. The number of nitrogens with one attached hydrogen (secondary N) is 1. The van der Waals surface area contributed by atoms with Gasteiger partial charge in [-0.3, -0.25) is 9.69 Å². The number of pyridine rings is 1. The van der Waals surface area contributed by atoms with Crippen LogP contribution in [0.5, 0.6) is 0 Å². The van der Waals surface area contributed by atoms with Gasteiger partial charge in [0.25, 0.3) is 0 Å². The predicted molar refractivity (Wildman–Crippen MR) is 80.5 cm³/mol. The zero-order valence-electron chi connectivity index (χ0n) is 11.6. The minimum absolute atomic E-state index is 0.0285. The lowest BCUT2D eigenvalue weighted by Gasteiger charge is -2.36. The lowest BCUT2D eigenvalue weighted by atomic mass is 9.96. The lowest BCUT2D eigenvalue weighted by Crippen LogP contribution is -2.33. The summed E-state index contributed by atoms with van der Waals surface area (Å²) >= 11 is 0. The third kappa shape index (κ3) is 2.99. The summed E-state index contributed by atoms with van der Waals surface area (Å²) in [6.45, 7) is 2.10. The van der Waals surface area contributed by atoms with Crippen molar-refractivity contribution in [3.05, 3.63) is 70.1 Å². The average molecular weight is 268 g/mol. The first-order valence-corrected chi connectivity index (χ1v) is 7.29. The van der Waals surface area contributed by atoms with E-state index in [0.29, 0.717) is 6.04 Å². The zero-order valence-corrected chi connectivity index (χ0v) is 11.6. The Balaban J connectivity index is 1.80. The van der Waals surface area contributed by atoms with E-state index in [9.17, 15) is 4.79 Å². The molecule has 1 saturated heterocycles. The molecular weight excluding hydrogens is 248 g/mol. The summed E-state index contributed by atoms with van der Waals surface area (Å²) < 4.78 is 0. The molecule has 20 heavy (non-hydrogen) atoms. The van der Waals surface area contributed by atoms with Crippen molar-refractivity contribution < 1.29 is 0 Å². The van der Waals surface area contributed by atoms with Gasteiger partial charge in [-0.05, 0) is 30.5 Å². The van der Waals surface area contributed by atoms with Gasteiger partial charge in [-0.2, -0.15) is 0 Å². The van der Waals surface area contributed by atoms with Gasteiger partial charge in [0.05, 0.1) is 0 Å². The number of likely N-dealkylation sites (tertiary alicyclic amines) is 1. The second kappa shape index (κ2) is 6.06. The van der Waals surface area contributed by atoms with E-state index in [1.54, 1.807) is 6.07 Å². The van der Waals surface area contributed by atoms with Crippen LogP contribution in [0.25, 0.3) is 0 Å². The van der Waals surface area contributed by atoms with E-state index < -0.39 is 0 Å². The largest absolute Gasteiger partial charge is 0.329 e. The Morgan fingerprint density at radius 1 is 1.10 bits per heavy atom. The maximum atomic E-state index is 11.2. The third-order valence-electron chi connectivity index (χ3n) is 4.04. The molecule has 0 unspecified atom stereocenters. The highest BCUT2D eigenvalue weighted by molar-refractivity contribution is 5.18. The maximum Gasteiger partial charge on any atom is 0.247 e. The Bertz CT molecular complexity index is 585. The van der Waals surface area contributed by atoms with Crippen LogP contribution >= 0.6 is 0 Å². The number of aromatic nitrogens is 1. The number of aromatic amines is 1. The number of nitrogens with zero attached hydrogens (tertiary/aromatic N) is 1. The van der Waals surface area contributed by atoms with Crippen LogP contribution in [-0.2, 0) is 6.54 Å². The van der Waals surface area contributed by atoms with Gasteiger partial charge in [0.15, 0.2) is 0 Å². The van der Waals surface area contributed by atoms with Crippen molar-refractivity contribution in [2.24, 2.45) is 0 Å². The number of benzene rings is 1. The van der Waals surface area contributed by atoms with Gasteiger partial charge in [-0.15, -0.1) is 0 Å². The van der Waals surface area contributed by atoms with Gasteiger partial charge in [-0.1, -0.05) is 42.8 Å². The van der Waals surface area contributed by atoms with Crippen LogP contribution in [-0.4, -0.2) is 16.4 Å². The van der Waals surface area contributed by atoms with Gasteiger partial charge in [0.2, 0.25) is 5.56 Å². The quantitative estimate of drug-likeness (QED) is 0.928. The van der Waals surface area contributed by atoms with Crippen LogP contribution in [0.1, 0.15) is 36.4 Å². The average Bonchev–Trinajstić information content (AvgIpc) is 2.50. The van der Waals surface area contributed by atoms with Gasteiger partial charge in [0.1, 0.15) is 0 Å². The molecule has 3 nitrogen and oxygen atoms in total. The van der Waals surface area contributed by atoms with Crippen molar-refractivity contribution in [3.8, 4) is 0 Å². The molecule has 104 valence electrons. The summed E-state index contributed by atoms with van der Waals surface area (Å²) in [5.41, 5.74) is 2.54. The molecule has 1 N–H and O–H groups in total. The number of piperidine rings is 1. The first-order valence-electron chi connectivity index (χ1n) is 7.29. The van der Waals surface area contributed by atoms with Gasteiger partial charge >= 0.3 is 0 Å². The van der Waals surface area contributed by atoms with E-state index in [4.69, 9.17) is 0 Å². The second-order valence-electron chi connectivity index (χ2n) is 5.45. The minimum Gasteiger partial charge on any atom is -0.329 e. The monoisotopic (exact) mass is 268 g/mol. The van der Waals surface area contributed by atoms with Crippen LogP contribution < -0.4 is 5.56 Å². The summed E-state index contributed by atoms with van der Waals surface area (Å²) in [6.07, 6.45) is 5.55. The molecule has 0 bridgehead atoms. The van der Waals surface area contributed by atoms with Crippen LogP contribution in [0.15, 0.2) is 53.5 Å². The minimum atomic E-state index is -0.0285. The standard InChI is InChI=1S/C17H20N2O/c20-17-10-9-15(12-18-17)16-8-4-5-11-19(16)13-14-6-2-1-3-7-14/h1-3,6-7,9-10,12,16H,4-5,8,11,13H2,(H,18,20)/t16-/m0/s1. The molecule has 0 saturated carbocycles. The van der Waals surface area contributed by atoms with E-state index in [0.717, 1.165) is 13.1 Å². The fraction of sp³-hybridized carbons (Fsp3) is 0.353. The fourth-order valence-corrected chi connectivity index (χ4v) is 3.01. The number of hydrogen-bond donors (Lipinski definition) is 1. The van der Waals surface area contributed by atoms with E-state index in [1.165, 1.54) is 30.4 Å². The summed E-state index contributed by atoms with van der Waals surface area (Å²) in [4.78, 5) is 16.5. The molecule has 1 aliphatic heterocycles. The molecule has 0 aliphatic carbocycles. The van der Waals surface area contributed by atoms with E-state index in [-0.39, 0.29) is 5.56 Å². The van der Waals surface area contributed by atoms with Crippen LogP contribution in [0.4, 0.5) is 0 Å². The molecule has 2 heterocycles. The van der Waals surface area contributed by atoms with Crippen molar-refractivity contribution in [2.75, 3.05) is 6.54 Å². The van der Waals surface area contributed by atoms with E-state index in [1.807, 2.05) is 12.3 Å². The first-order chi connectivity index (χ1) is 9.83. The van der Waals surface area contributed by atoms with Gasteiger partial charge < -0.3 is 4.98 Å².